The van der Waals surface area contributed by atoms with Crippen LogP contribution in [0.2, 0.25) is 0 Å². The predicted molar refractivity (Wildman–Crippen MR) is 143 cm³/mol. The van der Waals surface area contributed by atoms with Gasteiger partial charge in [-0.25, -0.2) is 14.6 Å². The van der Waals surface area contributed by atoms with E-state index in [9.17, 15) is 14.4 Å². The van der Waals surface area contributed by atoms with Crippen LogP contribution in [0.1, 0.15) is 41.4 Å². The van der Waals surface area contributed by atoms with Crippen LogP contribution in [0.25, 0.3) is 6.08 Å². The van der Waals surface area contributed by atoms with Crippen LogP contribution >= 0.6 is 11.3 Å². The van der Waals surface area contributed by atoms with E-state index in [-0.39, 0.29) is 17.7 Å². The number of methoxy groups -OCH3 is 1. The lowest BCUT2D eigenvalue weighted by atomic mass is 10.0. The minimum atomic E-state index is -0.912. The van der Waals surface area contributed by atoms with Crippen LogP contribution in [0.5, 0.6) is 0 Å². The Bertz CT molecular complexity index is 1670. The Balaban J connectivity index is 1.56. The number of allylic oxidation sites excluding steroid dienone is 2. The Kier molecular flexibility index (Phi) is 7.47. The molecule has 0 fully saturated rings. The molecule has 5 rings (SSSR count). The van der Waals surface area contributed by atoms with Crippen LogP contribution in [0, 0.1) is 0 Å². The van der Waals surface area contributed by atoms with Crippen molar-refractivity contribution in [1.29, 1.82) is 0 Å². The maximum absolute atomic E-state index is 13.8. The van der Waals surface area contributed by atoms with Crippen LogP contribution in [0.4, 0.5) is 0 Å². The SMILES string of the molecule is CCOC(=O)C1=C(C)N=c2sc(=Cc3cccc(C(=O)OC)c3)c(=O)n2C1C1=COC(Cc2ccccc2)O1. The molecule has 0 aliphatic carbocycles. The van der Waals surface area contributed by atoms with Gasteiger partial charge in [0.05, 0.1) is 35.1 Å². The number of esters is 2. The fourth-order valence-electron chi connectivity index (χ4n) is 4.46. The first-order valence-corrected chi connectivity index (χ1v) is 13.2. The fraction of sp³-hybridized carbons (Fsp3) is 0.241. The summed E-state index contributed by atoms with van der Waals surface area (Å²) < 4.78 is 23.9. The lowest BCUT2D eigenvalue weighted by Gasteiger charge is -2.24. The topological polar surface area (TPSA) is 105 Å². The third kappa shape index (κ3) is 5.28. The highest BCUT2D eigenvalue weighted by Crippen LogP contribution is 2.35. The van der Waals surface area contributed by atoms with Gasteiger partial charge in [-0.1, -0.05) is 53.8 Å². The quantitative estimate of drug-likeness (QED) is 0.420. The highest BCUT2D eigenvalue weighted by atomic mass is 32.1. The Morgan fingerprint density at radius 2 is 1.92 bits per heavy atom. The van der Waals surface area contributed by atoms with Gasteiger partial charge in [0.2, 0.25) is 6.29 Å². The van der Waals surface area contributed by atoms with Crippen LogP contribution in [-0.4, -0.2) is 36.5 Å². The zero-order chi connectivity index (χ0) is 27.5. The molecule has 0 amide bonds. The molecule has 2 atom stereocenters. The minimum Gasteiger partial charge on any atom is -0.465 e. The van der Waals surface area contributed by atoms with Gasteiger partial charge in [0.25, 0.3) is 5.56 Å². The number of carbonyl (C=O) groups excluding carboxylic acids is 2. The van der Waals surface area contributed by atoms with Gasteiger partial charge >= 0.3 is 11.9 Å². The number of aromatic nitrogens is 1. The Morgan fingerprint density at radius 3 is 2.67 bits per heavy atom. The molecule has 0 N–H and O–H groups in total. The van der Waals surface area contributed by atoms with Gasteiger partial charge in [0.1, 0.15) is 12.3 Å². The minimum absolute atomic E-state index is 0.163. The van der Waals surface area contributed by atoms with E-state index in [1.165, 1.54) is 29.3 Å². The summed E-state index contributed by atoms with van der Waals surface area (Å²) in [5, 5.41) is 0. The van der Waals surface area contributed by atoms with Crippen molar-refractivity contribution in [3.05, 3.63) is 114 Å². The zero-order valence-electron chi connectivity index (χ0n) is 21.6. The van der Waals surface area contributed by atoms with E-state index in [1.54, 1.807) is 44.2 Å². The third-order valence-electron chi connectivity index (χ3n) is 6.24. The molecule has 2 aliphatic rings. The Hall–Kier alpha value is -4.44. The second-order valence-corrected chi connectivity index (χ2v) is 9.82. The van der Waals surface area contributed by atoms with Crippen molar-refractivity contribution in [2.24, 2.45) is 4.99 Å². The van der Waals surface area contributed by atoms with Crippen LogP contribution in [0.15, 0.2) is 87.7 Å². The van der Waals surface area contributed by atoms with Crippen molar-refractivity contribution in [2.45, 2.75) is 32.6 Å². The molecule has 2 aromatic carbocycles. The van der Waals surface area contributed by atoms with E-state index < -0.39 is 24.3 Å². The molecule has 2 unspecified atom stereocenters. The molecule has 9 nitrogen and oxygen atoms in total. The summed E-state index contributed by atoms with van der Waals surface area (Å²) in [4.78, 5) is 43.8. The predicted octanol–water partition coefficient (Wildman–Crippen LogP) is 2.99. The summed E-state index contributed by atoms with van der Waals surface area (Å²) >= 11 is 1.18. The van der Waals surface area contributed by atoms with Crippen molar-refractivity contribution >= 4 is 29.4 Å². The van der Waals surface area contributed by atoms with Crippen LogP contribution in [-0.2, 0) is 30.2 Å². The summed E-state index contributed by atoms with van der Waals surface area (Å²) in [5.74, 6) is -0.745. The molecule has 0 saturated heterocycles. The van der Waals surface area contributed by atoms with E-state index in [0.717, 1.165) is 5.56 Å². The monoisotopic (exact) mass is 546 g/mol. The number of thiazole rings is 1. The molecule has 3 heterocycles. The van der Waals surface area contributed by atoms with E-state index in [2.05, 4.69) is 4.99 Å². The van der Waals surface area contributed by atoms with E-state index in [1.807, 2.05) is 30.3 Å². The second kappa shape index (κ2) is 11.1. The Morgan fingerprint density at radius 1 is 1.13 bits per heavy atom. The normalized spacial score (nSPS) is 18.4. The average Bonchev–Trinajstić information content (AvgIpc) is 3.52. The van der Waals surface area contributed by atoms with E-state index in [4.69, 9.17) is 18.9 Å². The summed E-state index contributed by atoms with van der Waals surface area (Å²) in [7, 11) is 1.31. The van der Waals surface area contributed by atoms with Gasteiger partial charge in [0, 0.05) is 6.42 Å². The molecule has 0 radical (unpaired) electrons. The standard InChI is InChI=1S/C29H26N2O7S/c1-4-36-28(34)24-17(2)30-29-31(25(24)21-16-37-23(38-21)15-18-9-6-5-7-10-18)26(32)22(39-29)14-19-11-8-12-20(13-19)27(33)35-3/h5-14,16,23,25H,4,15H2,1-3H3. The largest absolute Gasteiger partial charge is 0.465 e. The molecule has 1 aromatic heterocycles. The number of hydrogen-bond donors (Lipinski definition) is 0. The highest BCUT2D eigenvalue weighted by Gasteiger charge is 2.39. The van der Waals surface area contributed by atoms with Crippen molar-refractivity contribution in [3.63, 3.8) is 0 Å². The van der Waals surface area contributed by atoms with Gasteiger partial charge in [0.15, 0.2) is 10.6 Å². The number of ether oxygens (including phenoxy) is 4. The van der Waals surface area contributed by atoms with Crippen molar-refractivity contribution in [2.75, 3.05) is 13.7 Å². The number of carbonyl (C=O) groups is 2. The molecule has 3 aromatic rings. The third-order valence-corrected chi connectivity index (χ3v) is 7.22. The number of fused-ring (bicyclic) bond motifs is 1. The molecule has 0 bridgehead atoms. The van der Waals surface area contributed by atoms with Crippen LogP contribution in [0.3, 0.4) is 0 Å². The highest BCUT2D eigenvalue weighted by molar-refractivity contribution is 7.07. The summed E-state index contributed by atoms with van der Waals surface area (Å²) in [6.07, 6.45) is 2.99. The van der Waals surface area contributed by atoms with Crippen molar-refractivity contribution < 1.29 is 28.5 Å². The number of hydrogen-bond acceptors (Lipinski definition) is 9. The molecule has 0 saturated carbocycles. The smallest absolute Gasteiger partial charge is 0.338 e. The van der Waals surface area contributed by atoms with E-state index >= 15 is 0 Å². The van der Waals surface area contributed by atoms with Crippen molar-refractivity contribution in [1.82, 2.24) is 4.57 Å². The summed E-state index contributed by atoms with van der Waals surface area (Å²) in [6, 6.07) is 15.6. The first-order valence-electron chi connectivity index (χ1n) is 12.3. The molecule has 0 spiro atoms. The van der Waals surface area contributed by atoms with Gasteiger partial charge in [-0.15, -0.1) is 0 Å². The van der Waals surface area contributed by atoms with Gasteiger partial charge in [-0.3, -0.25) is 9.36 Å². The first kappa shape index (κ1) is 26.2. The summed E-state index contributed by atoms with van der Waals surface area (Å²) in [6.45, 7) is 3.58. The number of rotatable bonds is 7. The molecule has 200 valence electrons. The van der Waals surface area contributed by atoms with Gasteiger partial charge in [-0.2, -0.15) is 0 Å². The summed E-state index contributed by atoms with van der Waals surface area (Å²) in [5.41, 5.74) is 2.30. The molecule has 10 heteroatoms. The lowest BCUT2D eigenvalue weighted by molar-refractivity contribution is -0.139. The lowest BCUT2D eigenvalue weighted by Crippen LogP contribution is -2.40. The molecular formula is C29H26N2O7S. The fourth-order valence-corrected chi connectivity index (χ4v) is 5.51. The van der Waals surface area contributed by atoms with Crippen LogP contribution < -0.4 is 14.9 Å². The average molecular weight is 547 g/mol. The molecule has 2 aliphatic heterocycles. The number of nitrogens with zero attached hydrogens (tertiary/aromatic N) is 2. The van der Waals surface area contributed by atoms with Gasteiger partial charge in [-0.05, 0) is 43.2 Å². The molecule has 39 heavy (non-hydrogen) atoms. The molecular weight excluding hydrogens is 520 g/mol. The second-order valence-electron chi connectivity index (χ2n) is 8.81. The maximum Gasteiger partial charge on any atom is 0.338 e. The van der Waals surface area contributed by atoms with E-state index in [0.29, 0.717) is 38.3 Å². The maximum atomic E-state index is 13.8. The van der Waals surface area contributed by atoms with Gasteiger partial charge < -0.3 is 18.9 Å². The Labute approximate surface area is 227 Å². The number of benzene rings is 2. The van der Waals surface area contributed by atoms with Crippen molar-refractivity contribution in [3.8, 4) is 0 Å². The zero-order valence-corrected chi connectivity index (χ0v) is 22.4. The first-order chi connectivity index (χ1) is 18.9.